The Balaban J connectivity index is 1.59. The van der Waals surface area contributed by atoms with Gasteiger partial charge in [-0.2, -0.15) is 9.29 Å². The first-order valence-electron chi connectivity index (χ1n) is 9.76. The molecule has 2 fully saturated rings. The van der Waals surface area contributed by atoms with Gasteiger partial charge in [0.05, 0.1) is 5.75 Å². The molecule has 160 valence electrons. The molecule has 1 aromatic heterocycles. The molecule has 29 heavy (non-hydrogen) atoms. The number of hydrogen-bond acceptors (Lipinski definition) is 8. The van der Waals surface area contributed by atoms with Crippen LogP contribution in [0.2, 0.25) is 0 Å². The quantitative estimate of drug-likeness (QED) is 0.580. The summed E-state index contributed by atoms with van der Waals surface area (Å²) < 4.78 is 26.8. The molecule has 2 aliphatic rings. The Kier molecular flexibility index (Phi) is 6.37. The van der Waals surface area contributed by atoms with E-state index in [0.29, 0.717) is 51.4 Å². The highest BCUT2D eigenvalue weighted by Crippen LogP contribution is 2.19. The van der Waals surface area contributed by atoms with Gasteiger partial charge in [-0.25, -0.2) is 13.4 Å². The Labute approximate surface area is 171 Å². The van der Waals surface area contributed by atoms with Gasteiger partial charge in [-0.1, -0.05) is 0 Å². The van der Waals surface area contributed by atoms with Crippen molar-refractivity contribution in [3.05, 3.63) is 11.8 Å². The number of aryl methyl sites for hydroxylation is 1. The predicted octanol–water partition coefficient (Wildman–Crippen LogP) is -0.158. The van der Waals surface area contributed by atoms with Crippen molar-refractivity contribution in [1.29, 1.82) is 0 Å². The van der Waals surface area contributed by atoms with E-state index in [9.17, 15) is 18.0 Å². The van der Waals surface area contributed by atoms with Crippen LogP contribution in [0.3, 0.4) is 0 Å². The van der Waals surface area contributed by atoms with Crippen molar-refractivity contribution in [3.63, 3.8) is 0 Å². The number of sulfonamides is 1. The van der Waals surface area contributed by atoms with Crippen LogP contribution in [0.5, 0.6) is 0 Å². The normalized spacial score (nSPS) is 19.0. The smallest absolute Gasteiger partial charge is 0.229 e. The zero-order valence-corrected chi connectivity index (χ0v) is 18.0. The molecule has 2 saturated heterocycles. The minimum atomic E-state index is -3.55. The number of imide groups is 1. The van der Waals surface area contributed by atoms with Crippen molar-refractivity contribution in [2.45, 2.75) is 26.2 Å². The number of carbonyl (C=O) groups is 2. The topological polar surface area (TPSA) is 107 Å². The number of likely N-dealkylation sites (tertiary alicyclic amines) is 1. The van der Waals surface area contributed by atoms with Gasteiger partial charge in [0.15, 0.2) is 0 Å². The Hall–Kier alpha value is -2.27. The number of carbonyl (C=O) groups excluding carboxylic acids is 2. The monoisotopic (exact) mass is 424 g/mol. The molecule has 0 bridgehead atoms. The van der Waals surface area contributed by atoms with Crippen molar-refractivity contribution in [1.82, 2.24) is 19.2 Å². The van der Waals surface area contributed by atoms with Crippen LogP contribution in [-0.2, 0) is 19.6 Å². The van der Waals surface area contributed by atoms with Crippen molar-refractivity contribution >= 4 is 33.6 Å². The number of aromatic nitrogens is 2. The number of hydrogen-bond donors (Lipinski definition) is 0. The van der Waals surface area contributed by atoms with E-state index >= 15 is 0 Å². The molecule has 0 spiro atoms. The Bertz CT molecular complexity index is 864. The number of anilines is 2. The zero-order chi connectivity index (χ0) is 21.2. The molecule has 3 heterocycles. The molecule has 0 N–H and O–H groups in total. The molecule has 2 aliphatic heterocycles. The fourth-order valence-electron chi connectivity index (χ4n) is 3.46. The summed E-state index contributed by atoms with van der Waals surface area (Å²) in [5.74, 6) is 0.591. The van der Waals surface area contributed by atoms with Crippen LogP contribution in [0.4, 0.5) is 11.8 Å². The van der Waals surface area contributed by atoms with Crippen LogP contribution in [0.15, 0.2) is 6.07 Å². The summed E-state index contributed by atoms with van der Waals surface area (Å²) in [7, 11) is 0.268. The van der Waals surface area contributed by atoms with Crippen LogP contribution in [0.25, 0.3) is 0 Å². The molecule has 2 amide bonds. The molecule has 3 rings (SSSR count). The fraction of sp³-hybridized carbons (Fsp3) is 0.667. The third kappa shape index (κ3) is 5.02. The maximum Gasteiger partial charge on any atom is 0.229 e. The SMILES string of the molecule is Cc1cc(N(C)C)nc(N2CCN(S(=O)(=O)CCN3C(=O)CCCC3=O)CC2)n1. The molecule has 0 atom stereocenters. The van der Waals surface area contributed by atoms with Crippen molar-refractivity contribution in [3.8, 4) is 0 Å². The Morgan fingerprint density at radius 2 is 1.66 bits per heavy atom. The summed E-state index contributed by atoms with van der Waals surface area (Å²) in [6.45, 7) is 3.43. The summed E-state index contributed by atoms with van der Waals surface area (Å²) in [6, 6.07) is 1.90. The highest BCUT2D eigenvalue weighted by molar-refractivity contribution is 7.89. The van der Waals surface area contributed by atoms with E-state index in [1.165, 1.54) is 4.31 Å². The predicted molar refractivity (Wildman–Crippen MR) is 109 cm³/mol. The number of nitrogens with zero attached hydrogens (tertiary/aromatic N) is 6. The minimum absolute atomic E-state index is 0.0760. The second-order valence-electron chi connectivity index (χ2n) is 7.56. The number of piperidine rings is 1. The third-order valence-corrected chi connectivity index (χ3v) is 7.01. The van der Waals surface area contributed by atoms with E-state index < -0.39 is 10.0 Å². The molecule has 0 saturated carbocycles. The molecule has 0 aliphatic carbocycles. The average Bonchev–Trinajstić information content (AvgIpc) is 2.67. The molecular weight excluding hydrogens is 396 g/mol. The largest absolute Gasteiger partial charge is 0.363 e. The Morgan fingerprint density at radius 1 is 1.03 bits per heavy atom. The summed E-state index contributed by atoms with van der Waals surface area (Å²) in [4.78, 5) is 37.7. The van der Waals surface area contributed by atoms with Gasteiger partial charge in [0.2, 0.25) is 27.8 Å². The fourth-order valence-corrected chi connectivity index (χ4v) is 4.85. The van der Waals surface area contributed by atoms with E-state index in [4.69, 9.17) is 0 Å². The average molecular weight is 425 g/mol. The lowest BCUT2D eigenvalue weighted by atomic mass is 10.1. The van der Waals surface area contributed by atoms with Crippen LogP contribution in [0.1, 0.15) is 25.0 Å². The zero-order valence-electron chi connectivity index (χ0n) is 17.2. The van der Waals surface area contributed by atoms with Gasteiger partial charge in [0.1, 0.15) is 5.82 Å². The molecule has 0 unspecified atom stereocenters. The second kappa shape index (κ2) is 8.62. The lowest BCUT2D eigenvalue weighted by molar-refractivity contribution is -0.147. The van der Waals surface area contributed by atoms with Crippen LogP contribution >= 0.6 is 0 Å². The van der Waals surface area contributed by atoms with Gasteiger partial charge in [-0.3, -0.25) is 14.5 Å². The van der Waals surface area contributed by atoms with Gasteiger partial charge in [0.25, 0.3) is 0 Å². The lowest BCUT2D eigenvalue weighted by Crippen LogP contribution is -2.51. The van der Waals surface area contributed by atoms with E-state index in [-0.39, 0.29) is 24.1 Å². The molecule has 0 aromatic carbocycles. The van der Waals surface area contributed by atoms with E-state index in [1.54, 1.807) is 0 Å². The van der Waals surface area contributed by atoms with E-state index in [1.807, 2.05) is 36.9 Å². The van der Waals surface area contributed by atoms with Crippen LogP contribution in [0, 0.1) is 6.92 Å². The van der Waals surface area contributed by atoms with Crippen molar-refractivity contribution in [2.75, 3.05) is 62.4 Å². The number of amides is 2. The molecule has 10 nitrogen and oxygen atoms in total. The highest BCUT2D eigenvalue weighted by atomic mass is 32.2. The minimum Gasteiger partial charge on any atom is -0.363 e. The molecule has 0 radical (unpaired) electrons. The van der Waals surface area contributed by atoms with Crippen LogP contribution in [-0.4, -0.2) is 92.0 Å². The molecular formula is C18H28N6O4S. The summed E-state index contributed by atoms with van der Waals surface area (Å²) in [6.07, 6.45) is 1.14. The summed E-state index contributed by atoms with van der Waals surface area (Å²) in [5.41, 5.74) is 0.851. The summed E-state index contributed by atoms with van der Waals surface area (Å²) >= 11 is 0. The highest BCUT2D eigenvalue weighted by Gasteiger charge is 2.31. The van der Waals surface area contributed by atoms with Crippen molar-refractivity contribution in [2.24, 2.45) is 0 Å². The van der Waals surface area contributed by atoms with E-state index in [2.05, 4.69) is 9.97 Å². The molecule has 1 aromatic rings. The number of piperazine rings is 1. The van der Waals surface area contributed by atoms with E-state index in [0.717, 1.165) is 16.4 Å². The maximum atomic E-state index is 12.7. The second-order valence-corrected chi connectivity index (χ2v) is 9.65. The first kappa shape index (κ1) is 21.4. The standard InChI is InChI=1S/C18H28N6O4S/c1-14-13-15(21(2)3)20-18(19-14)22-7-9-23(10-8-22)29(27,28)12-11-24-16(25)5-4-6-17(24)26/h13H,4-12H2,1-3H3. The van der Waals surface area contributed by atoms with Gasteiger partial charge in [-0.15, -0.1) is 0 Å². The van der Waals surface area contributed by atoms with Gasteiger partial charge in [-0.05, 0) is 13.3 Å². The lowest BCUT2D eigenvalue weighted by Gasteiger charge is -2.35. The van der Waals surface area contributed by atoms with Gasteiger partial charge < -0.3 is 9.80 Å². The first-order valence-corrected chi connectivity index (χ1v) is 11.4. The number of rotatable bonds is 6. The Morgan fingerprint density at radius 3 is 2.24 bits per heavy atom. The van der Waals surface area contributed by atoms with Gasteiger partial charge >= 0.3 is 0 Å². The maximum absolute atomic E-state index is 12.7. The van der Waals surface area contributed by atoms with Gasteiger partial charge in [0, 0.05) is 71.4 Å². The van der Waals surface area contributed by atoms with Crippen molar-refractivity contribution < 1.29 is 18.0 Å². The van der Waals surface area contributed by atoms with Crippen LogP contribution < -0.4 is 9.80 Å². The molecule has 11 heteroatoms. The first-order chi connectivity index (χ1) is 13.7. The third-order valence-electron chi connectivity index (χ3n) is 5.16. The summed E-state index contributed by atoms with van der Waals surface area (Å²) in [5, 5.41) is 0.